The molecule has 0 bridgehead atoms. The van der Waals surface area contributed by atoms with Crippen LogP contribution >= 0.6 is 0 Å². The molecule has 0 aliphatic carbocycles. The fraction of sp³-hybridized carbons (Fsp3) is 0.333. The van der Waals surface area contributed by atoms with Crippen LogP contribution in [0.2, 0.25) is 0 Å². The summed E-state index contributed by atoms with van der Waals surface area (Å²) in [7, 11) is -3.64. The van der Waals surface area contributed by atoms with E-state index in [0.29, 0.717) is 0 Å². The van der Waals surface area contributed by atoms with Crippen LogP contribution in [0.1, 0.15) is 12.5 Å². The second kappa shape index (κ2) is 5.00. The van der Waals surface area contributed by atoms with Crippen LogP contribution in [0.5, 0.6) is 0 Å². The molecule has 4 nitrogen and oxygen atoms in total. The maximum absolute atomic E-state index is 12.0. The van der Waals surface area contributed by atoms with Gasteiger partial charge in [0, 0.05) is 0 Å². The monoisotopic (exact) mass is 255 g/mol. The topological polar surface area (TPSA) is 66.4 Å². The molecule has 0 heterocycles. The summed E-state index contributed by atoms with van der Waals surface area (Å²) in [6, 6.07) is 6.49. The van der Waals surface area contributed by atoms with Crippen LogP contribution in [0.4, 0.5) is 0 Å². The number of aliphatic hydroxyl groups is 1. The van der Waals surface area contributed by atoms with Gasteiger partial charge < -0.3 is 5.11 Å². The maximum atomic E-state index is 12.0. The molecule has 94 valence electrons. The van der Waals surface area contributed by atoms with Crippen molar-refractivity contribution in [3.05, 3.63) is 42.5 Å². The van der Waals surface area contributed by atoms with Crippen molar-refractivity contribution in [1.82, 2.24) is 4.72 Å². The van der Waals surface area contributed by atoms with Crippen molar-refractivity contribution in [2.45, 2.75) is 24.3 Å². The Morgan fingerprint density at radius 3 is 2.35 bits per heavy atom. The molecule has 1 aromatic rings. The number of hydrogen-bond donors (Lipinski definition) is 2. The molecule has 0 aliphatic heterocycles. The molecule has 0 saturated heterocycles. The summed E-state index contributed by atoms with van der Waals surface area (Å²) in [5.41, 5.74) is -0.0680. The van der Waals surface area contributed by atoms with Gasteiger partial charge in [0.25, 0.3) is 0 Å². The number of nitrogens with one attached hydrogen (secondary N) is 1. The highest BCUT2D eigenvalue weighted by Crippen LogP contribution is 2.14. The third-order valence-electron chi connectivity index (χ3n) is 2.48. The minimum Gasteiger partial charge on any atom is -0.394 e. The summed E-state index contributed by atoms with van der Waals surface area (Å²) in [5.74, 6) is 0. The van der Waals surface area contributed by atoms with E-state index in [2.05, 4.69) is 11.3 Å². The van der Waals surface area contributed by atoms with Gasteiger partial charge in [-0.05, 0) is 26.0 Å². The van der Waals surface area contributed by atoms with Crippen molar-refractivity contribution in [2.24, 2.45) is 0 Å². The predicted octanol–water partition coefficient (Wildman–Crippen LogP) is 1.21. The normalized spacial score (nSPS) is 15.2. The lowest BCUT2D eigenvalue weighted by Crippen LogP contribution is -2.46. The highest BCUT2D eigenvalue weighted by atomic mass is 32.2. The molecule has 1 aromatic carbocycles. The van der Waals surface area contributed by atoms with E-state index in [1.807, 2.05) is 6.92 Å². The quantitative estimate of drug-likeness (QED) is 0.777. The van der Waals surface area contributed by atoms with Crippen molar-refractivity contribution < 1.29 is 13.5 Å². The Kier molecular flexibility index (Phi) is 4.08. The first-order chi connectivity index (χ1) is 7.83. The van der Waals surface area contributed by atoms with Crippen molar-refractivity contribution in [3.63, 3.8) is 0 Å². The Balaban J connectivity index is 3.04. The van der Waals surface area contributed by atoms with Crippen LogP contribution in [-0.4, -0.2) is 25.7 Å². The lowest BCUT2D eigenvalue weighted by atomic mass is 10.1. The van der Waals surface area contributed by atoms with Crippen LogP contribution in [0.15, 0.2) is 41.8 Å². The Bertz CT molecular complexity index is 493. The zero-order valence-corrected chi connectivity index (χ0v) is 10.8. The highest BCUT2D eigenvalue weighted by molar-refractivity contribution is 7.89. The molecule has 0 fully saturated rings. The number of rotatable bonds is 5. The molecular weight excluding hydrogens is 238 g/mol. The van der Waals surface area contributed by atoms with Crippen molar-refractivity contribution in [2.75, 3.05) is 6.61 Å². The molecule has 0 radical (unpaired) electrons. The first-order valence-corrected chi connectivity index (χ1v) is 6.66. The lowest BCUT2D eigenvalue weighted by molar-refractivity contribution is 0.227. The van der Waals surface area contributed by atoms with E-state index in [4.69, 9.17) is 5.11 Å². The van der Waals surface area contributed by atoms with Gasteiger partial charge in [-0.15, -0.1) is 6.58 Å². The van der Waals surface area contributed by atoms with E-state index >= 15 is 0 Å². The average molecular weight is 255 g/mol. The summed E-state index contributed by atoms with van der Waals surface area (Å²) in [6.07, 6.45) is 1.37. The van der Waals surface area contributed by atoms with Gasteiger partial charge in [0.2, 0.25) is 10.0 Å². The predicted molar refractivity (Wildman–Crippen MR) is 67.2 cm³/mol. The van der Waals surface area contributed by atoms with Crippen molar-refractivity contribution in [3.8, 4) is 0 Å². The van der Waals surface area contributed by atoms with Crippen molar-refractivity contribution >= 4 is 10.0 Å². The molecule has 5 heteroatoms. The van der Waals surface area contributed by atoms with E-state index in [-0.39, 0.29) is 11.5 Å². The van der Waals surface area contributed by atoms with Crippen LogP contribution in [0, 0.1) is 6.92 Å². The van der Waals surface area contributed by atoms with Gasteiger partial charge in [-0.2, -0.15) is 4.72 Å². The molecule has 0 saturated carbocycles. The average Bonchev–Trinajstić information content (AvgIpc) is 2.29. The third-order valence-corrected chi connectivity index (χ3v) is 4.11. The van der Waals surface area contributed by atoms with E-state index in [1.54, 1.807) is 19.1 Å². The minimum atomic E-state index is -3.64. The smallest absolute Gasteiger partial charge is 0.241 e. The standard InChI is InChI=1S/C12H17NO3S/c1-4-12(3,9-14)13-17(15,16)11-7-5-10(2)6-8-11/h4-8,13-14H,1,9H2,2-3H3. The van der Waals surface area contributed by atoms with Gasteiger partial charge in [-0.1, -0.05) is 23.8 Å². The SMILES string of the molecule is C=CC(C)(CO)NS(=O)(=O)c1ccc(C)cc1. The number of benzene rings is 1. The molecule has 1 rings (SSSR count). The van der Waals surface area contributed by atoms with Gasteiger partial charge in [-0.3, -0.25) is 0 Å². The van der Waals surface area contributed by atoms with Crippen LogP contribution in [-0.2, 0) is 10.0 Å². The number of aliphatic hydroxyl groups excluding tert-OH is 1. The number of hydrogen-bond acceptors (Lipinski definition) is 3. The summed E-state index contributed by atoms with van der Waals surface area (Å²) in [6.45, 7) is 6.60. The summed E-state index contributed by atoms with van der Waals surface area (Å²) in [5, 5.41) is 9.14. The van der Waals surface area contributed by atoms with Crippen LogP contribution in [0.3, 0.4) is 0 Å². The molecule has 0 aromatic heterocycles. The first kappa shape index (κ1) is 13.9. The summed E-state index contributed by atoms with van der Waals surface area (Å²) in [4.78, 5) is 0.171. The first-order valence-electron chi connectivity index (χ1n) is 5.18. The third kappa shape index (κ3) is 3.39. The molecular formula is C12H17NO3S. The van der Waals surface area contributed by atoms with E-state index in [0.717, 1.165) is 5.56 Å². The fourth-order valence-electron chi connectivity index (χ4n) is 1.22. The number of aryl methyl sites for hydroxylation is 1. The largest absolute Gasteiger partial charge is 0.394 e. The molecule has 17 heavy (non-hydrogen) atoms. The second-order valence-electron chi connectivity index (χ2n) is 4.20. The molecule has 1 unspecified atom stereocenters. The van der Waals surface area contributed by atoms with Gasteiger partial charge in [0.05, 0.1) is 17.0 Å². The van der Waals surface area contributed by atoms with Crippen LogP contribution < -0.4 is 4.72 Å². The van der Waals surface area contributed by atoms with E-state index in [9.17, 15) is 8.42 Å². The van der Waals surface area contributed by atoms with Gasteiger partial charge in [-0.25, -0.2) is 8.42 Å². The van der Waals surface area contributed by atoms with E-state index in [1.165, 1.54) is 18.2 Å². The fourth-order valence-corrected chi connectivity index (χ4v) is 2.60. The molecule has 0 spiro atoms. The number of sulfonamides is 1. The Hall–Kier alpha value is -1.17. The summed E-state index contributed by atoms with van der Waals surface area (Å²) < 4.78 is 26.4. The zero-order valence-electron chi connectivity index (χ0n) is 9.97. The highest BCUT2D eigenvalue weighted by Gasteiger charge is 2.26. The molecule has 0 aliphatic rings. The van der Waals surface area contributed by atoms with Gasteiger partial charge in [0.1, 0.15) is 0 Å². The van der Waals surface area contributed by atoms with E-state index < -0.39 is 15.6 Å². The van der Waals surface area contributed by atoms with Crippen LogP contribution in [0.25, 0.3) is 0 Å². The summed E-state index contributed by atoms with van der Waals surface area (Å²) >= 11 is 0. The lowest BCUT2D eigenvalue weighted by Gasteiger charge is -2.24. The zero-order chi connectivity index (χ0) is 13.1. The minimum absolute atomic E-state index is 0.171. The maximum Gasteiger partial charge on any atom is 0.241 e. The Morgan fingerprint density at radius 2 is 1.94 bits per heavy atom. The molecule has 2 N–H and O–H groups in total. The second-order valence-corrected chi connectivity index (χ2v) is 5.88. The van der Waals surface area contributed by atoms with Gasteiger partial charge >= 0.3 is 0 Å². The van der Waals surface area contributed by atoms with Crippen molar-refractivity contribution in [1.29, 1.82) is 0 Å². The van der Waals surface area contributed by atoms with Gasteiger partial charge in [0.15, 0.2) is 0 Å². The Morgan fingerprint density at radius 1 is 1.41 bits per heavy atom. The molecule has 0 amide bonds. The Labute approximate surface area is 102 Å². The molecule has 1 atom stereocenters.